The van der Waals surface area contributed by atoms with Crippen LogP contribution in [0.5, 0.6) is 17.2 Å². The number of benzene rings is 2. The van der Waals surface area contributed by atoms with Gasteiger partial charge >= 0.3 is 5.97 Å². The number of carbonyl (C=O) groups is 1. The lowest BCUT2D eigenvalue weighted by molar-refractivity contribution is -0.143. The first-order valence-corrected chi connectivity index (χ1v) is 7.99. The van der Waals surface area contributed by atoms with Gasteiger partial charge in [0.15, 0.2) is 6.10 Å². The van der Waals surface area contributed by atoms with Crippen molar-refractivity contribution in [3.05, 3.63) is 60.8 Å². The third-order valence-corrected chi connectivity index (χ3v) is 3.89. The number of esters is 1. The number of nitrogens with one attached hydrogen (secondary N) is 1. The molecule has 0 spiro atoms. The topological polar surface area (TPSA) is 73.4 Å². The lowest BCUT2D eigenvalue weighted by Gasteiger charge is -2.11. The molecule has 1 aromatic heterocycles. The molecule has 1 N–H and O–H groups in total. The van der Waals surface area contributed by atoms with Gasteiger partial charge in [-0.05, 0) is 60.2 Å². The molecule has 1 saturated heterocycles. The van der Waals surface area contributed by atoms with Crippen molar-refractivity contribution >= 4 is 5.97 Å². The second kappa shape index (κ2) is 6.68. The van der Waals surface area contributed by atoms with Crippen molar-refractivity contribution in [1.29, 1.82) is 0 Å². The summed E-state index contributed by atoms with van der Waals surface area (Å²) >= 11 is 0. The van der Waals surface area contributed by atoms with E-state index in [0.717, 1.165) is 17.0 Å². The van der Waals surface area contributed by atoms with Crippen LogP contribution in [0.25, 0.3) is 11.3 Å². The Morgan fingerprint density at radius 3 is 2.24 bits per heavy atom. The highest BCUT2D eigenvalue weighted by molar-refractivity contribution is 5.76. The van der Waals surface area contributed by atoms with Crippen molar-refractivity contribution in [3.63, 3.8) is 0 Å². The Labute approximate surface area is 144 Å². The average molecular weight is 336 g/mol. The minimum absolute atomic E-state index is 0.308. The van der Waals surface area contributed by atoms with Gasteiger partial charge in [-0.3, -0.25) is 5.10 Å². The van der Waals surface area contributed by atoms with E-state index < -0.39 is 6.10 Å². The Kier molecular flexibility index (Phi) is 4.08. The fourth-order valence-electron chi connectivity index (χ4n) is 2.59. The van der Waals surface area contributed by atoms with Gasteiger partial charge in [-0.1, -0.05) is 0 Å². The predicted octanol–water partition coefficient (Wildman–Crippen LogP) is 3.56. The van der Waals surface area contributed by atoms with E-state index in [0.29, 0.717) is 24.5 Å². The first-order valence-electron chi connectivity index (χ1n) is 7.99. The Hall–Kier alpha value is -3.28. The average Bonchev–Trinajstić information content (AvgIpc) is 3.30. The molecule has 2 heterocycles. The van der Waals surface area contributed by atoms with Gasteiger partial charge in [0.05, 0.1) is 12.3 Å². The Morgan fingerprint density at radius 1 is 0.960 bits per heavy atom. The van der Waals surface area contributed by atoms with E-state index in [4.69, 9.17) is 14.2 Å². The van der Waals surface area contributed by atoms with Crippen LogP contribution >= 0.6 is 0 Å². The van der Waals surface area contributed by atoms with Crippen molar-refractivity contribution < 1.29 is 19.0 Å². The largest absolute Gasteiger partial charge is 0.479 e. The molecule has 2 aromatic carbocycles. The summed E-state index contributed by atoms with van der Waals surface area (Å²) in [4.78, 5) is 11.4. The highest BCUT2D eigenvalue weighted by Gasteiger charge is 2.28. The fraction of sp³-hybridized carbons (Fsp3) is 0.158. The molecule has 1 fully saturated rings. The van der Waals surface area contributed by atoms with E-state index in [1.54, 1.807) is 30.5 Å². The first kappa shape index (κ1) is 15.3. The van der Waals surface area contributed by atoms with Crippen LogP contribution in [-0.4, -0.2) is 28.9 Å². The van der Waals surface area contributed by atoms with Crippen molar-refractivity contribution in [2.45, 2.75) is 12.5 Å². The number of hydrogen-bond donors (Lipinski definition) is 1. The molecule has 4 rings (SSSR count). The maximum Gasteiger partial charge on any atom is 0.347 e. The summed E-state index contributed by atoms with van der Waals surface area (Å²) in [7, 11) is 0. The molecule has 0 amide bonds. The van der Waals surface area contributed by atoms with Crippen LogP contribution in [0.2, 0.25) is 0 Å². The number of ether oxygens (including phenoxy) is 3. The van der Waals surface area contributed by atoms with Gasteiger partial charge in [0.2, 0.25) is 0 Å². The highest BCUT2D eigenvalue weighted by atomic mass is 16.6. The number of aromatic nitrogens is 2. The molecular formula is C19H16N2O4. The molecule has 3 aromatic rings. The van der Waals surface area contributed by atoms with Crippen molar-refractivity contribution in [1.82, 2.24) is 10.2 Å². The number of hydrogen-bond acceptors (Lipinski definition) is 5. The Balaban J connectivity index is 1.40. The zero-order chi connectivity index (χ0) is 17.1. The van der Waals surface area contributed by atoms with E-state index in [9.17, 15) is 4.79 Å². The molecule has 0 bridgehead atoms. The first-order chi connectivity index (χ1) is 12.3. The number of nitrogens with zero attached hydrogens (tertiary/aromatic N) is 1. The van der Waals surface area contributed by atoms with Gasteiger partial charge in [0, 0.05) is 12.6 Å². The maximum atomic E-state index is 11.4. The molecule has 0 radical (unpaired) electrons. The van der Waals surface area contributed by atoms with Gasteiger partial charge < -0.3 is 14.2 Å². The van der Waals surface area contributed by atoms with Crippen LogP contribution in [0.15, 0.2) is 60.8 Å². The molecule has 6 nitrogen and oxygen atoms in total. The summed E-state index contributed by atoms with van der Waals surface area (Å²) in [6, 6.07) is 16.8. The highest BCUT2D eigenvalue weighted by Crippen LogP contribution is 2.27. The number of cyclic esters (lactones) is 1. The summed E-state index contributed by atoms with van der Waals surface area (Å²) in [5, 5.41) is 6.87. The summed E-state index contributed by atoms with van der Waals surface area (Å²) in [6.07, 6.45) is 1.79. The molecule has 0 saturated carbocycles. The molecule has 0 unspecified atom stereocenters. The van der Waals surface area contributed by atoms with E-state index >= 15 is 0 Å². The van der Waals surface area contributed by atoms with Crippen molar-refractivity contribution in [3.8, 4) is 28.5 Å². The van der Waals surface area contributed by atoms with Crippen LogP contribution in [0.4, 0.5) is 0 Å². The minimum atomic E-state index is -0.512. The summed E-state index contributed by atoms with van der Waals surface area (Å²) in [5.74, 6) is 1.73. The zero-order valence-corrected chi connectivity index (χ0v) is 13.3. The number of rotatable bonds is 5. The third-order valence-electron chi connectivity index (χ3n) is 3.89. The SMILES string of the molecule is O=C1OCC[C@@H]1Oc1ccc(Oc2ccc(-c3ccn[nH]3)cc2)cc1. The molecule has 0 aliphatic carbocycles. The van der Waals surface area contributed by atoms with Crippen LogP contribution in [0, 0.1) is 0 Å². The fourth-order valence-corrected chi connectivity index (χ4v) is 2.59. The van der Waals surface area contributed by atoms with Gasteiger partial charge in [0.1, 0.15) is 17.2 Å². The van der Waals surface area contributed by atoms with Gasteiger partial charge in [0.25, 0.3) is 0 Å². The molecule has 25 heavy (non-hydrogen) atoms. The quantitative estimate of drug-likeness (QED) is 0.721. The number of aromatic amines is 1. The van der Waals surface area contributed by atoms with Crippen molar-refractivity contribution in [2.75, 3.05) is 6.61 Å². The lowest BCUT2D eigenvalue weighted by atomic mass is 10.1. The standard InChI is InChI=1S/C19H16N2O4/c22-19-18(10-12-23-19)25-16-7-5-15(6-8-16)24-14-3-1-13(2-4-14)17-9-11-20-21-17/h1-9,11,18H,10,12H2,(H,20,21)/t18-/m0/s1. The van der Waals surface area contributed by atoms with E-state index in [2.05, 4.69) is 10.2 Å². The van der Waals surface area contributed by atoms with Crippen LogP contribution in [0.1, 0.15) is 6.42 Å². The molecule has 1 aliphatic rings. The number of carbonyl (C=O) groups excluding carboxylic acids is 1. The minimum Gasteiger partial charge on any atom is -0.479 e. The van der Waals surface area contributed by atoms with Crippen molar-refractivity contribution in [2.24, 2.45) is 0 Å². The smallest absolute Gasteiger partial charge is 0.347 e. The summed E-state index contributed by atoms with van der Waals surface area (Å²) < 4.78 is 16.3. The number of H-pyrrole nitrogens is 1. The van der Waals surface area contributed by atoms with E-state index in [1.807, 2.05) is 30.3 Å². The molecule has 1 aliphatic heterocycles. The van der Waals surface area contributed by atoms with Gasteiger partial charge in [-0.2, -0.15) is 5.10 Å². The molecule has 126 valence electrons. The predicted molar refractivity (Wildman–Crippen MR) is 90.5 cm³/mol. The van der Waals surface area contributed by atoms with Crippen LogP contribution in [-0.2, 0) is 9.53 Å². The van der Waals surface area contributed by atoms with E-state index in [1.165, 1.54) is 0 Å². The maximum absolute atomic E-state index is 11.4. The molecular weight excluding hydrogens is 320 g/mol. The monoisotopic (exact) mass is 336 g/mol. The molecule has 1 atom stereocenters. The second-order valence-electron chi connectivity index (χ2n) is 5.63. The Bertz CT molecular complexity index is 842. The zero-order valence-electron chi connectivity index (χ0n) is 13.3. The summed E-state index contributed by atoms with van der Waals surface area (Å²) in [6.45, 7) is 0.416. The molecule has 6 heteroatoms. The second-order valence-corrected chi connectivity index (χ2v) is 5.63. The summed E-state index contributed by atoms with van der Waals surface area (Å²) in [5.41, 5.74) is 2.00. The normalized spacial score (nSPS) is 16.5. The van der Waals surface area contributed by atoms with Gasteiger partial charge in [-0.15, -0.1) is 0 Å². The third kappa shape index (κ3) is 3.47. The van der Waals surface area contributed by atoms with Gasteiger partial charge in [-0.25, -0.2) is 4.79 Å². The van der Waals surface area contributed by atoms with Crippen LogP contribution in [0.3, 0.4) is 0 Å². The lowest BCUT2D eigenvalue weighted by Crippen LogP contribution is -2.21. The Morgan fingerprint density at radius 2 is 1.64 bits per heavy atom. The van der Waals surface area contributed by atoms with Crippen LogP contribution < -0.4 is 9.47 Å². The van der Waals surface area contributed by atoms with E-state index in [-0.39, 0.29) is 5.97 Å².